The average Bonchev–Trinajstić information content (AvgIpc) is 2.39. The van der Waals surface area contributed by atoms with Crippen LogP contribution in [-0.4, -0.2) is 29.0 Å². The number of aliphatic hydroxyl groups excluding tert-OH is 1. The largest absolute Gasteiger partial charge is 0.468 e. The lowest BCUT2D eigenvalue weighted by Crippen LogP contribution is -2.52. The van der Waals surface area contributed by atoms with Crippen LogP contribution in [0.1, 0.15) is 31.7 Å². The molecular weight excluding hydrogens is 278 g/mol. The monoisotopic (exact) mass is 293 g/mol. The van der Waals surface area contributed by atoms with Crippen molar-refractivity contribution >= 4 is 23.3 Å². The molecule has 1 N–H and O–H groups in total. The predicted molar refractivity (Wildman–Crippen MR) is 76.0 cm³/mol. The van der Waals surface area contributed by atoms with Crippen molar-refractivity contribution in [3.8, 4) is 0 Å². The molecule has 3 atom stereocenters. The van der Waals surface area contributed by atoms with E-state index in [2.05, 4.69) is 4.99 Å². The summed E-state index contributed by atoms with van der Waals surface area (Å²) in [5.74, 6) is 0.176. The fraction of sp³-hybridized carbons (Fsp3) is 0.467. The number of nitrogens with zero attached hydrogens (tertiary/aromatic N) is 1. The third-order valence-corrected chi connectivity index (χ3v) is 4.28. The molecular formula is C15H16ClNO3. The number of fused-ring (bicyclic) bond motifs is 2. The molecule has 0 aromatic heterocycles. The summed E-state index contributed by atoms with van der Waals surface area (Å²) in [6, 6.07) is 7.26. The van der Waals surface area contributed by atoms with Crippen molar-refractivity contribution in [3.05, 3.63) is 34.9 Å². The number of hydrogen-bond donors (Lipinski definition) is 1. The van der Waals surface area contributed by atoms with E-state index in [1.54, 1.807) is 13.0 Å². The first-order valence-corrected chi connectivity index (χ1v) is 7.16. The summed E-state index contributed by atoms with van der Waals surface area (Å²) in [6.07, 6.45) is 0.758. The molecule has 0 spiro atoms. The Balaban J connectivity index is 2.19. The van der Waals surface area contributed by atoms with E-state index in [4.69, 9.17) is 16.3 Å². The van der Waals surface area contributed by atoms with Gasteiger partial charge in [-0.2, -0.15) is 0 Å². The van der Waals surface area contributed by atoms with Crippen LogP contribution in [0.5, 0.6) is 0 Å². The number of Topliss-reactive ketones (excluding diaryl/α,β-unsaturated/α-hetero) is 1. The second kappa shape index (κ2) is 4.86. The molecule has 1 heterocycles. The molecule has 0 radical (unpaired) electrons. The second-order valence-electron chi connectivity index (χ2n) is 5.33. The summed E-state index contributed by atoms with van der Waals surface area (Å²) >= 11 is 6.27. The molecule has 1 saturated carbocycles. The minimum atomic E-state index is -0.994. The van der Waals surface area contributed by atoms with Gasteiger partial charge in [-0.3, -0.25) is 4.79 Å². The fourth-order valence-electron chi connectivity index (χ4n) is 2.96. The molecule has 2 aliphatic rings. The summed E-state index contributed by atoms with van der Waals surface area (Å²) in [4.78, 5) is 17.1. The molecule has 1 aliphatic carbocycles. The molecule has 3 rings (SSSR count). The first kappa shape index (κ1) is 13.6. The van der Waals surface area contributed by atoms with Crippen LogP contribution in [0.4, 0.5) is 0 Å². The molecule has 106 valence electrons. The van der Waals surface area contributed by atoms with E-state index in [0.29, 0.717) is 23.4 Å². The van der Waals surface area contributed by atoms with Gasteiger partial charge in [0.05, 0.1) is 0 Å². The Bertz CT molecular complexity index is 584. The zero-order valence-corrected chi connectivity index (χ0v) is 11.9. The molecule has 1 aliphatic heterocycles. The summed E-state index contributed by atoms with van der Waals surface area (Å²) in [5.41, 5.74) is -0.288. The summed E-state index contributed by atoms with van der Waals surface area (Å²) in [6.45, 7) is 1.59. The molecule has 1 fully saturated rings. The van der Waals surface area contributed by atoms with Gasteiger partial charge in [-0.25, -0.2) is 4.99 Å². The lowest BCUT2D eigenvalue weighted by atomic mass is 9.74. The zero-order valence-electron chi connectivity index (χ0n) is 11.2. The summed E-state index contributed by atoms with van der Waals surface area (Å²) in [7, 11) is 0. The van der Waals surface area contributed by atoms with Gasteiger partial charge in [-0.1, -0.05) is 29.8 Å². The Kier molecular flexibility index (Phi) is 3.30. The van der Waals surface area contributed by atoms with Crippen LogP contribution in [0.25, 0.3) is 0 Å². The Morgan fingerprint density at radius 1 is 1.50 bits per heavy atom. The topological polar surface area (TPSA) is 58.9 Å². The highest BCUT2D eigenvalue weighted by atomic mass is 35.5. The van der Waals surface area contributed by atoms with Gasteiger partial charge < -0.3 is 9.84 Å². The van der Waals surface area contributed by atoms with Crippen molar-refractivity contribution in [2.75, 3.05) is 0 Å². The van der Waals surface area contributed by atoms with Crippen LogP contribution in [0.15, 0.2) is 29.3 Å². The molecule has 1 aromatic carbocycles. The highest BCUT2D eigenvalue weighted by Gasteiger charge is 2.52. The van der Waals surface area contributed by atoms with Crippen LogP contribution in [0, 0.1) is 0 Å². The van der Waals surface area contributed by atoms with Gasteiger partial charge in [-0.05, 0) is 32.3 Å². The number of aliphatic imine (C=N–C) groups is 1. The minimum absolute atomic E-state index is 0.0544. The van der Waals surface area contributed by atoms with Crippen LogP contribution in [0.3, 0.4) is 0 Å². The highest BCUT2D eigenvalue weighted by molar-refractivity contribution is 6.32. The quantitative estimate of drug-likeness (QED) is 0.911. The second-order valence-corrected chi connectivity index (χ2v) is 5.74. The summed E-state index contributed by atoms with van der Waals surface area (Å²) in [5, 5.41) is 10.3. The van der Waals surface area contributed by atoms with E-state index in [1.807, 2.05) is 18.2 Å². The van der Waals surface area contributed by atoms with E-state index in [9.17, 15) is 9.90 Å². The number of ketones is 1. The number of carbonyl (C=O) groups excluding carboxylic acids is 1. The normalized spacial score (nSPS) is 30.4. The van der Waals surface area contributed by atoms with Crippen LogP contribution >= 0.6 is 11.6 Å². The maximum atomic E-state index is 12.7. The maximum Gasteiger partial charge on any atom is 0.214 e. The van der Waals surface area contributed by atoms with Crippen LogP contribution in [-0.2, 0) is 15.1 Å². The number of ether oxygens (including phenoxy) is 1. The summed E-state index contributed by atoms with van der Waals surface area (Å²) < 4.78 is 5.52. The molecule has 1 aromatic rings. The molecule has 5 heteroatoms. The van der Waals surface area contributed by atoms with Crippen molar-refractivity contribution in [2.45, 2.75) is 43.9 Å². The molecule has 0 saturated heterocycles. The van der Waals surface area contributed by atoms with Gasteiger partial charge in [0.15, 0.2) is 11.6 Å². The van der Waals surface area contributed by atoms with Gasteiger partial charge in [0.1, 0.15) is 6.10 Å². The lowest BCUT2D eigenvalue weighted by molar-refractivity contribution is -0.137. The number of carbonyl (C=O) groups is 1. The van der Waals surface area contributed by atoms with Gasteiger partial charge >= 0.3 is 0 Å². The lowest BCUT2D eigenvalue weighted by Gasteiger charge is -2.41. The van der Waals surface area contributed by atoms with E-state index < -0.39 is 17.7 Å². The average molecular weight is 294 g/mol. The number of halogens is 1. The number of benzene rings is 1. The zero-order chi connectivity index (χ0) is 14.3. The smallest absolute Gasteiger partial charge is 0.214 e. The van der Waals surface area contributed by atoms with Crippen molar-refractivity contribution < 1.29 is 14.6 Å². The number of hydrogen-bond acceptors (Lipinski definition) is 4. The Hall–Kier alpha value is -1.39. The first-order valence-electron chi connectivity index (χ1n) is 6.78. The highest BCUT2D eigenvalue weighted by Crippen LogP contribution is 2.44. The van der Waals surface area contributed by atoms with E-state index in [1.165, 1.54) is 0 Å². The van der Waals surface area contributed by atoms with E-state index in [0.717, 1.165) is 6.42 Å². The first-order chi connectivity index (χ1) is 9.54. The van der Waals surface area contributed by atoms with E-state index in [-0.39, 0.29) is 11.7 Å². The van der Waals surface area contributed by atoms with Crippen LogP contribution < -0.4 is 0 Å². The number of rotatable bonds is 2. The Labute approximate surface area is 122 Å². The molecule has 2 bridgehead atoms. The Morgan fingerprint density at radius 3 is 2.95 bits per heavy atom. The van der Waals surface area contributed by atoms with Gasteiger partial charge in [0.2, 0.25) is 11.7 Å². The third-order valence-electron chi connectivity index (χ3n) is 3.95. The van der Waals surface area contributed by atoms with Crippen molar-refractivity contribution in [3.63, 3.8) is 0 Å². The fourth-order valence-corrected chi connectivity index (χ4v) is 3.26. The van der Waals surface area contributed by atoms with Gasteiger partial charge in [0.25, 0.3) is 0 Å². The standard InChI is InChI=1S/C15H16ClNO3/c1-9(18)14-17-15(10-5-2-3-6-11(10)16)8-4-7-12(20-14)13(15)19/h2-3,5-6,9,12,18H,4,7-8H2,1H3/t9?,12-,15-/m0/s1. The molecule has 4 nitrogen and oxygen atoms in total. The third kappa shape index (κ3) is 1.95. The van der Waals surface area contributed by atoms with Crippen molar-refractivity contribution in [1.29, 1.82) is 0 Å². The van der Waals surface area contributed by atoms with Crippen molar-refractivity contribution in [2.24, 2.45) is 4.99 Å². The number of aliphatic hydroxyl groups is 1. The van der Waals surface area contributed by atoms with Gasteiger partial charge in [-0.15, -0.1) is 0 Å². The van der Waals surface area contributed by atoms with Crippen molar-refractivity contribution in [1.82, 2.24) is 0 Å². The molecule has 1 unspecified atom stereocenters. The minimum Gasteiger partial charge on any atom is -0.468 e. The van der Waals surface area contributed by atoms with Crippen LogP contribution in [0.2, 0.25) is 5.02 Å². The SMILES string of the molecule is CC(O)C1=N[C@]2(c3ccccc3Cl)CCC[C@H](O1)C2=O. The Morgan fingerprint density at radius 2 is 2.25 bits per heavy atom. The van der Waals surface area contributed by atoms with E-state index >= 15 is 0 Å². The molecule has 20 heavy (non-hydrogen) atoms. The molecule has 0 amide bonds. The van der Waals surface area contributed by atoms with Gasteiger partial charge in [0, 0.05) is 10.6 Å². The maximum absolute atomic E-state index is 12.7. The predicted octanol–water partition coefficient (Wildman–Crippen LogP) is 2.47.